The summed E-state index contributed by atoms with van der Waals surface area (Å²) in [7, 11) is 3.14. The number of methoxy groups -OCH3 is 2. The normalized spacial score (nSPS) is 15.2. The monoisotopic (exact) mass is 536 g/mol. The summed E-state index contributed by atoms with van der Waals surface area (Å²) in [6.07, 6.45) is -1.08. The highest BCUT2D eigenvalue weighted by Gasteiger charge is 2.24. The molecule has 0 aliphatic carbocycles. The van der Waals surface area contributed by atoms with Gasteiger partial charge in [0.1, 0.15) is 11.5 Å². The Hall–Kier alpha value is -1.95. The predicted octanol–water partition coefficient (Wildman–Crippen LogP) is 2.09. The molecule has 0 bridgehead atoms. The number of halogens is 1. The van der Waals surface area contributed by atoms with Crippen molar-refractivity contribution in [2.45, 2.75) is 20.0 Å². The summed E-state index contributed by atoms with van der Waals surface area (Å²) in [5, 5.41) is 13.9. The Morgan fingerprint density at radius 1 is 1.10 bits per heavy atom. The molecule has 1 aliphatic heterocycles. The van der Waals surface area contributed by atoms with E-state index in [4.69, 9.17) is 14.2 Å². The fraction of sp³-hybridized carbons (Fsp3) is 0.600. The predicted molar refractivity (Wildman–Crippen MR) is 126 cm³/mol. The summed E-state index contributed by atoms with van der Waals surface area (Å²) in [5.74, 6) is 1.94. The van der Waals surface area contributed by atoms with Gasteiger partial charge in [-0.1, -0.05) is 0 Å². The fourth-order valence-corrected chi connectivity index (χ4v) is 3.04. The standard InChI is InChI=1S/C20H32N4O5.HI/c1-5-21-19(23-7-9-24(10-8-23)20(26)29-6-2)22-14-18(25)15-11-16(27-3)13-17(12-15)28-4;/h11-13,18,25H,5-10,14H2,1-4H3,(H,21,22);1H. The second kappa shape index (κ2) is 13.4. The minimum Gasteiger partial charge on any atom is -0.497 e. The first kappa shape index (κ1) is 26.1. The van der Waals surface area contributed by atoms with Crippen molar-refractivity contribution in [1.29, 1.82) is 0 Å². The minimum atomic E-state index is -0.798. The van der Waals surface area contributed by atoms with Crippen molar-refractivity contribution >= 4 is 36.0 Å². The number of nitrogens with zero attached hydrogens (tertiary/aromatic N) is 3. The topological polar surface area (TPSA) is 95.9 Å². The van der Waals surface area contributed by atoms with Gasteiger partial charge in [-0.15, -0.1) is 24.0 Å². The Bertz CT molecular complexity index is 674. The van der Waals surface area contributed by atoms with Crippen LogP contribution in [0.25, 0.3) is 0 Å². The molecule has 0 aromatic heterocycles. The fourth-order valence-electron chi connectivity index (χ4n) is 3.04. The first-order valence-corrected chi connectivity index (χ1v) is 9.88. The first-order valence-electron chi connectivity index (χ1n) is 9.88. The SMILES string of the molecule is CCNC(=NCC(O)c1cc(OC)cc(OC)c1)N1CCN(C(=O)OCC)CC1.I. The number of guanidine groups is 1. The van der Waals surface area contributed by atoms with Crippen LogP contribution < -0.4 is 14.8 Å². The Balaban J connectivity index is 0.00000450. The minimum absolute atomic E-state index is 0. The average molecular weight is 536 g/mol. The number of carbonyl (C=O) groups excluding carboxylic acids is 1. The van der Waals surface area contributed by atoms with Crippen LogP contribution in [0.1, 0.15) is 25.5 Å². The van der Waals surface area contributed by atoms with E-state index < -0.39 is 6.10 Å². The number of benzene rings is 1. The maximum Gasteiger partial charge on any atom is 0.409 e. The van der Waals surface area contributed by atoms with Crippen LogP contribution in [0.5, 0.6) is 11.5 Å². The number of carbonyl (C=O) groups is 1. The molecule has 1 amide bonds. The molecule has 0 saturated carbocycles. The number of amides is 1. The summed E-state index contributed by atoms with van der Waals surface area (Å²) in [5.41, 5.74) is 0.674. The molecule has 1 unspecified atom stereocenters. The summed E-state index contributed by atoms with van der Waals surface area (Å²) < 4.78 is 15.6. The second-order valence-electron chi connectivity index (χ2n) is 6.53. The number of hydrogen-bond acceptors (Lipinski definition) is 6. The molecule has 30 heavy (non-hydrogen) atoms. The van der Waals surface area contributed by atoms with Crippen molar-refractivity contribution < 1.29 is 24.1 Å². The Kier molecular flexibility index (Phi) is 11.6. The Morgan fingerprint density at radius 3 is 2.17 bits per heavy atom. The number of aliphatic hydroxyl groups excluding tert-OH is 1. The maximum absolute atomic E-state index is 11.9. The van der Waals surface area contributed by atoms with Gasteiger partial charge in [-0.25, -0.2) is 4.79 Å². The van der Waals surface area contributed by atoms with Gasteiger partial charge < -0.3 is 34.4 Å². The van der Waals surface area contributed by atoms with Gasteiger partial charge >= 0.3 is 6.09 Å². The lowest BCUT2D eigenvalue weighted by Gasteiger charge is -2.36. The van der Waals surface area contributed by atoms with Gasteiger partial charge in [0.2, 0.25) is 0 Å². The molecule has 0 spiro atoms. The van der Waals surface area contributed by atoms with E-state index in [9.17, 15) is 9.90 Å². The summed E-state index contributed by atoms with van der Waals surface area (Å²) in [6.45, 7) is 7.49. The average Bonchev–Trinajstić information content (AvgIpc) is 2.76. The van der Waals surface area contributed by atoms with Crippen LogP contribution in [0.2, 0.25) is 0 Å². The van der Waals surface area contributed by atoms with Crippen molar-refractivity contribution in [3.05, 3.63) is 23.8 Å². The molecular formula is C20H33IN4O5. The van der Waals surface area contributed by atoms with Crippen LogP contribution in [0.15, 0.2) is 23.2 Å². The lowest BCUT2D eigenvalue weighted by Crippen LogP contribution is -2.54. The number of hydrogen-bond donors (Lipinski definition) is 2. The van der Waals surface area contributed by atoms with Gasteiger partial charge in [0.15, 0.2) is 5.96 Å². The van der Waals surface area contributed by atoms with Gasteiger partial charge in [0.05, 0.1) is 33.5 Å². The number of aliphatic hydroxyl groups is 1. The van der Waals surface area contributed by atoms with Crippen LogP contribution in [-0.4, -0.2) is 87.1 Å². The van der Waals surface area contributed by atoms with E-state index in [0.29, 0.717) is 62.4 Å². The van der Waals surface area contributed by atoms with Crippen LogP contribution in [0.3, 0.4) is 0 Å². The van der Waals surface area contributed by atoms with E-state index in [1.54, 1.807) is 44.2 Å². The van der Waals surface area contributed by atoms with Gasteiger partial charge in [0, 0.05) is 38.8 Å². The molecule has 10 heteroatoms. The zero-order chi connectivity index (χ0) is 21.2. The second-order valence-corrected chi connectivity index (χ2v) is 6.53. The lowest BCUT2D eigenvalue weighted by atomic mass is 10.1. The number of piperazine rings is 1. The highest BCUT2D eigenvalue weighted by molar-refractivity contribution is 14.0. The number of nitrogens with one attached hydrogen (secondary N) is 1. The van der Waals surface area contributed by atoms with Crippen molar-refractivity contribution in [2.24, 2.45) is 4.99 Å². The number of ether oxygens (including phenoxy) is 3. The molecular weight excluding hydrogens is 503 g/mol. The molecule has 1 atom stereocenters. The van der Waals surface area contributed by atoms with E-state index in [1.165, 1.54) is 0 Å². The number of rotatable bonds is 7. The van der Waals surface area contributed by atoms with Crippen LogP contribution in [0.4, 0.5) is 4.79 Å². The van der Waals surface area contributed by atoms with E-state index in [1.807, 2.05) is 6.92 Å². The molecule has 1 aromatic carbocycles. The van der Waals surface area contributed by atoms with Crippen molar-refractivity contribution in [2.75, 3.05) is 60.1 Å². The van der Waals surface area contributed by atoms with Crippen molar-refractivity contribution in [3.8, 4) is 11.5 Å². The molecule has 9 nitrogen and oxygen atoms in total. The lowest BCUT2D eigenvalue weighted by molar-refractivity contribution is 0.0914. The quantitative estimate of drug-likeness (QED) is 0.313. The number of aliphatic imine (C=N–C) groups is 1. The summed E-state index contributed by atoms with van der Waals surface area (Å²) >= 11 is 0. The van der Waals surface area contributed by atoms with Crippen LogP contribution >= 0.6 is 24.0 Å². The third-order valence-electron chi connectivity index (χ3n) is 4.61. The molecule has 1 aromatic rings. The van der Waals surface area contributed by atoms with E-state index >= 15 is 0 Å². The highest BCUT2D eigenvalue weighted by atomic mass is 127. The van der Waals surface area contributed by atoms with E-state index in [2.05, 4.69) is 15.2 Å². The molecule has 1 fully saturated rings. The van der Waals surface area contributed by atoms with Gasteiger partial charge in [-0.3, -0.25) is 4.99 Å². The van der Waals surface area contributed by atoms with Crippen LogP contribution in [0, 0.1) is 0 Å². The Labute approximate surface area is 195 Å². The smallest absolute Gasteiger partial charge is 0.409 e. The van der Waals surface area contributed by atoms with Gasteiger partial charge in [-0.05, 0) is 31.5 Å². The molecule has 2 N–H and O–H groups in total. The zero-order valence-corrected chi connectivity index (χ0v) is 20.4. The summed E-state index contributed by atoms with van der Waals surface area (Å²) in [6, 6.07) is 5.30. The van der Waals surface area contributed by atoms with Crippen LogP contribution in [-0.2, 0) is 4.74 Å². The van der Waals surface area contributed by atoms with Crippen molar-refractivity contribution in [3.63, 3.8) is 0 Å². The molecule has 1 heterocycles. The summed E-state index contributed by atoms with van der Waals surface area (Å²) in [4.78, 5) is 20.2. The van der Waals surface area contributed by atoms with E-state index in [0.717, 1.165) is 0 Å². The molecule has 170 valence electrons. The third-order valence-corrected chi connectivity index (χ3v) is 4.61. The van der Waals surface area contributed by atoms with E-state index in [-0.39, 0.29) is 36.6 Å². The van der Waals surface area contributed by atoms with Crippen molar-refractivity contribution in [1.82, 2.24) is 15.1 Å². The largest absolute Gasteiger partial charge is 0.497 e. The van der Waals surface area contributed by atoms with Gasteiger partial charge in [0.25, 0.3) is 0 Å². The zero-order valence-electron chi connectivity index (χ0n) is 18.1. The third kappa shape index (κ3) is 7.38. The highest BCUT2D eigenvalue weighted by Crippen LogP contribution is 2.26. The first-order chi connectivity index (χ1) is 14.0. The van der Waals surface area contributed by atoms with Gasteiger partial charge in [-0.2, -0.15) is 0 Å². The molecule has 1 saturated heterocycles. The molecule has 1 aliphatic rings. The Morgan fingerprint density at radius 2 is 1.67 bits per heavy atom. The molecule has 2 rings (SSSR count). The maximum atomic E-state index is 11.9. The molecule has 0 radical (unpaired) electrons.